The van der Waals surface area contributed by atoms with Gasteiger partial charge in [-0.25, -0.2) is 8.42 Å². The number of nitro benzene ring substituents is 1. The van der Waals surface area contributed by atoms with Crippen LogP contribution >= 0.6 is 10.7 Å². The van der Waals surface area contributed by atoms with Gasteiger partial charge in [0.2, 0.25) is 0 Å². The van der Waals surface area contributed by atoms with E-state index in [0.29, 0.717) is 12.0 Å². The number of nitrogens with zero attached hydrogens (tertiary/aromatic N) is 1. The van der Waals surface area contributed by atoms with Crippen molar-refractivity contribution in [3.63, 3.8) is 0 Å². The summed E-state index contributed by atoms with van der Waals surface area (Å²) in [4.78, 5) is 9.81. The fourth-order valence-electron chi connectivity index (χ4n) is 1.42. The molecule has 6 nitrogen and oxygen atoms in total. The fraction of sp³-hybridized carbons (Fsp3) is 0.333. The molecule has 0 radical (unpaired) electrons. The number of aryl methyl sites for hydroxylation is 1. The molecule has 0 saturated heterocycles. The third-order valence-corrected chi connectivity index (χ3v) is 3.52. The molecule has 0 heterocycles. The molecule has 0 aromatic heterocycles. The zero-order chi connectivity index (χ0) is 13.2. The van der Waals surface area contributed by atoms with E-state index < -0.39 is 19.7 Å². The summed E-state index contributed by atoms with van der Waals surface area (Å²) in [6.07, 6.45) is 0.393. The molecule has 1 aromatic carbocycles. The minimum absolute atomic E-state index is 0.0570. The van der Waals surface area contributed by atoms with Gasteiger partial charge in [0, 0.05) is 22.3 Å². The van der Waals surface area contributed by atoms with Crippen LogP contribution in [0, 0.1) is 10.1 Å². The summed E-state index contributed by atoms with van der Waals surface area (Å²) in [5, 5.41) is 10.8. The highest BCUT2D eigenvalue weighted by Gasteiger charge is 2.23. The second-order valence-electron chi connectivity index (χ2n) is 3.18. The summed E-state index contributed by atoms with van der Waals surface area (Å²) in [5.74, 6) is 0.0570. The Morgan fingerprint density at radius 2 is 2.06 bits per heavy atom. The molecule has 0 fully saturated rings. The number of ether oxygens (including phenoxy) is 1. The van der Waals surface area contributed by atoms with Crippen LogP contribution in [0.25, 0.3) is 0 Å². The van der Waals surface area contributed by atoms with E-state index in [9.17, 15) is 18.5 Å². The number of halogens is 1. The maximum atomic E-state index is 11.2. The van der Waals surface area contributed by atoms with Crippen LogP contribution in [0.4, 0.5) is 5.69 Å². The number of hydrogen-bond donors (Lipinski definition) is 0. The normalized spacial score (nSPS) is 11.2. The highest BCUT2D eigenvalue weighted by molar-refractivity contribution is 8.13. The Bertz CT molecular complexity index is 555. The van der Waals surface area contributed by atoms with Crippen molar-refractivity contribution in [2.75, 3.05) is 7.11 Å². The van der Waals surface area contributed by atoms with Crippen molar-refractivity contribution in [2.45, 2.75) is 18.2 Å². The molecule has 94 valence electrons. The lowest BCUT2D eigenvalue weighted by Crippen LogP contribution is -2.01. The SMILES string of the molecule is CCc1cc(S(=O)(=O)Cl)cc([N+](=O)[O-])c1OC. The number of rotatable bonds is 4. The van der Waals surface area contributed by atoms with Gasteiger partial charge in [0.1, 0.15) is 0 Å². The molecule has 8 heteroatoms. The standard InChI is InChI=1S/C9H10ClNO5S/c1-3-6-4-7(17(10,14)15)5-8(11(12)13)9(6)16-2/h4-5H,3H2,1-2H3. The third kappa shape index (κ3) is 2.86. The Morgan fingerprint density at radius 1 is 1.47 bits per heavy atom. The van der Waals surface area contributed by atoms with E-state index in [1.807, 2.05) is 0 Å². The quantitative estimate of drug-likeness (QED) is 0.478. The summed E-state index contributed by atoms with van der Waals surface area (Å²) < 4.78 is 27.3. The van der Waals surface area contributed by atoms with E-state index in [-0.39, 0.29) is 10.6 Å². The van der Waals surface area contributed by atoms with Gasteiger partial charge in [-0.2, -0.15) is 0 Å². The maximum Gasteiger partial charge on any atom is 0.312 e. The molecular weight excluding hydrogens is 270 g/mol. The van der Waals surface area contributed by atoms with E-state index in [2.05, 4.69) is 0 Å². The number of hydrogen-bond acceptors (Lipinski definition) is 5. The third-order valence-electron chi connectivity index (χ3n) is 2.18. The molecule has 0 spiro atoms. The van der Waals surface area contributed by atoms with Crippen LogP contribution in [-0.4, -0.2) is 20.5 Å². The van der Waals surface area contributed by atoms with E-state index in [4.69, 9.17) is 15.4 Å². The van der Waals surface area contributed by atoms with Crippen molar-refractivity contribution in [3.05, 3.63) is 27.8 Å². The Kier molecular flexibility index (Phi) is 3.94. The number of benzene rings is 1. The Hall–Kier alpha value is -1.34. The first-order chi connectivity index (χ1) is 7.81. The fourth-order valence-corrected chi connectivity index (χ4v) is 2.22. The average molecular weight is 280 g/mol. The number of nitro groups is 1. The van der Waals surface area contributed by atoms with Crippen molar-refractivity contribution in [3.8, 4) is 5.75 Å². The van der Waals surface area contributed by atoms with Gasteiger partial charge in [0.25, 0.3) is 9.05 Å². The first-order valence-corrected chi connectivity index (χ1v) is 6.92. The Labute approximate surface area is 103 Å². The van der Waals surface area contributed by atoms with Crippen molar-refractivity contribution in [1.29, 1.82) is 0 Å². The largest absolute Gasteiger partial charge is 0.490 e. The molecule has 0 aliphatic carbocycles. The average Bonchev–Trinajstić information content (AvgIpc) is 2.25. The predicted octanol–water partition coefficient (Wildman–Crippen LogP) is 2.09. The summed E-state index contributed by atoms with van der Waals surface area (Å²) in [6.45, 7) is 1.73. The highest BCUT2D eigenvalue weighted by Crippen LogP contribution is 2.35. The van der Waals surface area contributed by atoms with Gasteiger partial charge in [-0.1, -0.05) is 6.92 Å². The van der Waals surface area contributed by atoms with Crippen LogP contribution in [0.5, 0.6) is 5.75 Å². The van der Waals surface area contributed by atoms with Crippen LogP contribution in [0.2, 0.25) is 0 Å². The summed E-state index contributed by atoms with van der Waals surface area (Å²) in [5.41, 5.74) is 0.00648. The van der Waals surface area contributed by atoms with Gasteiger partial charge < -0.3 is 4.74 Å². The van der Waals surface area contributed by atoms with Gasteiger partial charge in [-0.05, 0) is 12.5 Å². The van der Waals surface area contributed by atoms with E-state index in [1.54, 1.807) is 6.92 Å². The van der Waals surface area contributed by atoms with Crippen LogP contribution in [0.15, 0.2) is 17.0 Å². The van der Waals surface area contributed by atoms with E-state index in [0.717, 1.165) is 6.07 Å². The van der Waals surface area contributed by atoms with Crippen molar-refractivity contribution >= 4 is 25.4 Å². The Morgan fingerprint density at radius 3 is 2.41 bits per heavy atom. The van der Waals surface area contributed by atoms with Crippen LogP contribution < -0.4 is 4.74 Å². The lowest BCUT2D eigenvalue weighted by Gasteiger charge is -2.08. The van der Waals surface area contributed by atoms with Gasteiger partial charge in [0.05, 0.1) is 16.9 Å². The van der Waals surface area contributed by atoms with Crippen molar-refractivity contribution in [1.82, 2.24) is 0 Å². The second-order valence-corrected chi connectivity index (χ2v) is 5.75. The molecule has 1 aromatic rings. The molecule has 0 saturated carbocycles. The van der Waals surface area contributed by atoms with Gasteiger partial charge >= 0.3 is 5.69 Å². The second kappa shape index (κ2) is 4.89. The van der Waals surface area contributed by atoms with Crippen molar-refractivity contribution in [2.24, 2.45) is 0 Å². The van der Waals surface area contributed by atoms with Crippen LogP contribution in [-0.2, 0) is 15.5 Å². The molecule has 0 aliphatic heterocycles. The van der Waals surface area contributed by atoms with Crippen LogP contribution in [0.1, 0.15) is 12.5 Å². The Balaban J connectivity index is 3.63. The zero-order valence-electron chi connectivity index (χ0n) is 9.14. The lowest BCUT2D eigenvalue weighted by molar-refractivity contribution is -0.386. The summed E-state index contributed by atoms with van der Waals surface area (Å²) in [6, 6.07) is 2.16. The molecule has 17 heavy (non-hydrogen) atoms. The topological polar surface area (TPSA) is 86.5 Å². The molecule has 0 amide bonds. The zero-order valence-corrected chi connectivity index (χ0v) is 10.7. The molecule has 0 unspecified atom stereocenters. The lowest BCUT2D eigenvalue weighted by atomic mass is 10.1. The molecule has 0 bridgehead atoms. The molecule has 1 rings (SSSR count). The highest BCUT2D eigenvalue weighted by atomic mass is 35.7. The van der Waals surface area contributed by atoms with Crippen molar-refractivity contribution < 1.29 is 18.1 Å². The summed E-state index contributed by atoms with van der Waals surface area (Å²) in [7, 11) is 2.45. The molecular formula is C9H10ClNO5S. The summed E-state index contributed by atoms with van der Waals surface area (Å²) >= 11 is 0. The first kappa shape index (κ1) is 13.7. The van der Waals surface area contributed by atoms with E-state index >= 15 is 0 Å². The predicted molar refractivity (Wildman–Crippen MR) is 62.1 cm³/mol. The van der Waals surface area contributed by atoms with E-state index in [1.165, 1.54) is 13.2 Å². The monoisotopic (exact) mass is 279 g/mol. The molecule has 0 atom stereocenters. The molecule has 0 aliphatic rings. The molecule has 0 N–H and O–H groups in total. The van der Waals surface area contributed by atoms with Gasteiger partial charge in [0.15, 0.2) is 5.75 Å². The minimum Gasteiger partial charge on any atom is -0.490 e. The minimum atomic E-state index is -4.00. The van der Waals surface area contributed by atoms with Gasteiger partial charge in [-0.15, -0.1) is 0 Å². The maximum absolute atomic E-state index is 11.2. The first-order valence-electron chi connectivity index (χ1n) is 4.61. The van der Waals surface area contributed by atoms with Crippen LogP contribution in [0.3, 0.4) is 0 Å². The smallest absolute Gasteiger partial charge is 0.312 e. The number of methoxy groups -OCH3 is 1. The van der Waals surface area contributed by atoms with Gasteiger partial charge in [-0.3, -0.25) is 10.1 Å².